The monoisotopic (exact) mass is 463 g/mol. The molecule has 2 aromatic rings. The van der Waals surface area contributed by atoms with Crippen molar-refractivity contribution in [2.24, 2.45) is 0 Å². The number of rotatable bonds is 2. The quantitative estimate of drug-likeness (QED) is 0.524. The van der Waals surface area contributed by atoms with Crippen LogP contribution in [0.15, 0.2) is 58.2 Å². The summed E-state index contributed by atoms with van der Waals surface area (Å²) in [5.41, 5.74) is 3.19. The highest BCUT2D eigenvalue weighted by atomic mass is 79.9. The van der Waals surface area contributed by atoms with Crippen LogP contribution in [0, 0.1) is 0 Å². The van der Waals surface area contributed by atoms with Crippen LogP contribution in [0.1, 0.15) is 37.2 Å². The van der Waals surface area contributed by atoms with Gasteiger partial charge < -0.3 is 0 Å². The van der Waals surface area contributed by atoms with E-state index in [0.717, 1.165) is 27.7 Å². The first kappa shape index (κ1) is 18.7. The fourth-order valence-electron chi connectivity index (χ4n) is 3.92. The Morgan fingerprint density at radius 2 is 1.81 bits per heavy atom. The van der Waals surface area contributed by atoms with Gasteiger partial charge in [0.1, 0.15) is 0 Å². The minimum absolute atomic E-state index is 0.0354. The topological polar surface area (TPSA) is 37.4 Å². The highest BCUT2D eigenvalue weighted by Gasteiger charge is 2.39. The maximum absolute atomic E-state index is 13.1. The molecular weight excluding hydrogens is 449 g/mol. The molecule has 1 amide bonds. The molecule has 0 saturated heterocycles. The number of benzene rings is 2. The number of carbonyl (C=O) groups excluding carboxylic acids is 2. The third kappa shape index (κ3) is 3.46. The fraction of sp³-hybridized carbons (Fsp3) is 0.238. The maximum Gasteiger partial charge on any atom is 0.232 e. The average molecular weight is 465 g/mol. The van der Waals surface area contributed by atoms with Gasteiger partial charge in [-0.15, -0.1) is 0 Å². The van der Waals surface area contributed by atoms with Gasteiger partial charge in [0.15, 0.2) is 5.78 Å². The lowest BCUT2D eigenvalue weighted by Gasteiger charge is -2.38. The summed E-state index contributed by atoms with van der Waals surface area (Å²) in [7, 11) is 0. The van der Waals surface area contributed by atoms with Gasteiger partial charge in [-0.1, -0.05) is 51.3 Å². The Labute approximate surface area is 176 Å². The molecule has 1 aliphatic carbocycles. The molecule has 4 rings (SSSR count). The van der Waals surface area contributed by atoms with Crippen LogP contribution in [0.25, 0.3) is 0 Å². The van der Waals surface area contributed by atoms with E-state index in [1.165, 1.54) is 0 Å². The Morgan fingerprint density at radius 1 is 1.00 bits per heavy atom. The van der Waals surface area contributed by atoms with Gasteiger partial charge in [-0.2, -0.15) is 0 Å². The van der Waals surface area contributed by atoms with Crippen molar-refractivity contribution in [3.8, 4) is 0 Å². The van der Waals surface area contributed by atoms with E-state index in [0.29, 0.717) is 28.6 Å². The van der Waals surface area contributed by atoms with E-state index >= 15 is 0 Å². The molecule has 0 bridgehead atoms. The van der Waals surface area contributed by atoms with Crippen molar-refractivity contribution in [3.05, 3.63) is 73.8 Å². The van der Waals surface area contributed by atoms with E-state index in [1.54, 1.807) is 23.1 Å². The minimum atomic E-state index is -0.211. The van der Waals surface area contributed by atoms with Crippen molar-refractivity contribution >= 4 is 56.5 Å². The number of nitrogens with zero attached hydrogens (tertiary/aromatic N) is 1. The molecule has 0 saturated carbocycles. The Morgan fingerprint density at radius 3 is 2.56 bits per heavy atom. The normalized spacial score (nSPS) is 20.1. The van der Waals surface area contributed by atoms with E-state index in [9.17, 15) is 9.59 Å². The van der Waals surface area contributed by atoms with E-state index in [4.69, 9.17) is 23.2 Å². The summed E-state index contributed by atoms with van der Waals surface area (Å²) in [6.45, 7) is 0. The van der Waals surface area contributed by atoms with Crippen molar-refractivity contribution in [1.29, 1.82) is 0 Å². The Hall–Kier alpha value is -1.62. The second-order valence-corrected chi connectivity index (χ2v) is 8.51. The molecular formula is C21H16BrCl2NO2. The van der Waals surface area contributed by atoms with Gasteiger partial charge in [-0.3, -0.25) is 14.5 Å². The van der Waals surface area contributed by atoms with Gasteiger partial charge in [0, 0.05) is 34.5 Å². The molecule has 0 radical (unpaired) electrons. The average Bonchev–Trinajstić information content (AvgIpc) is 2.64. The third-order valence-electron chi connectivity index (χ3n) is 5.09. The number of hydrogen-bond acceptors (Lipinski definition) is 2. The van der Waals surface area contributed by atoms with Crippen molar-refractivity contribution in [1.82, 2.24) is 0 Å². The number of anilines is 1. The summed E-state index contributed by atoms with van der Waals surface area (Å²) < 4.78 is 0.935. The number of hydrogen-bond donors (Lipinski definition) is 0. The summed E-state index contributed by atoms with van der Waals surface area (Å²) in [4.78, 5) is 27.6. The molecule has 0 N–H and O–H groups in total. The van der Waals surface area contributed by atoms with Crippen molar-refractivity contribution < 1.29 is 9.59 Å². The zero-order valence-corrected chi connectivity index (χ0v) is 17.4. The molecule has 6 heteroatoms. The molecule has 1 aliphatic heterocycles. The predicted molar refractivity (Wildman–Crippen MR) is 111 cm³/mol. The van der Waals surface area contributed by atoms with Crippen LogP contribution in [-0.4, -0.2) is 11.7 Å². The lowest BCUT2D eigenvalue weighted by atomic mass is 9.77. The molecule has 0 fully saturated rings. The van der Waals surface area contributed by atoms with Gasteiger partial charge in [-0.05, 0) is 48.7 Å². The highest BCUT2D eigenvalue weighted by Crippen LogP contribution is 2.44. The van der Waals surface area contributed by atoms with Gasteiger partial charge >= 0.3 is 0 Å². The molecule has 2 aliphatic rings. The van der Waals surface area contributed by atoms with E-state index in [-0.39, 0.29) is 24.0 Å². The summed E-state index contributed by atoms with van der Waals surface area (Å²) in [6, 6.07) is 13.0. The second-order valence-electron chi connectivity index (χ2n) is 6.78. The van der Waals surface area contributed by atoms with E-state index < -0.39 is 0 Å². The van der Waals surface area contributed by atoms with Gasteiger partial charge in [-0.25, -0.2) is 0 Å². The largest absolute Gasteiger partial charge is 0.294 e. The summed E-state index contributed by atoms with van der Waals surface area (Å²) in [5, 5.41) is 0.825. The molecule has 3 nitrogen and oxygen atoms in total. The molecule has 27 heavy (non-hydrogen) atoms. The molecule has 0 aromatic heterocycles. The third-order valence-corrected chi connectivity index (χ3v) is 6.32. The number of ketones is 1. The van der Waals surface area contributed by atoms with Gasteiger partial charge in [0.05, 0.1) is 15.7 Å². The summed E-state index contributed by atoms with van der Waals surface area (Å²) >= 11 is 15.7. The molecule has 1 unspecified atom stereocenters. The van der Waals surface area contributed by atoms with Crippen molar-refractivity contribution in [3.63, 3.8) is 0 Å². The second kappa shape index (κ2) is 7.42. The van der Waals surface area contributed by atoms with Crippen LogP contribution in [0.4, 0.5) is 5.69 Å². The molecule has 138 valence electrons. The standard InChI is InChI=1S/C21H16BrCl2NO2/c22-13-4-1-3-12(9-13)15-11-20(27)25(14-7-8-16(23)17(24)10-14)18-5-2-6-19(26)21(15)18/h1,3-4,7-10,15H,2,5-6,11H2. The van der Waals surface area contributed by atoms with Crippen LogP contribution < -0.4 is 4.90 Å². The summed E-state index contributed by atoms with van der Waals surface area (Å²) in [6.07, 6.45) is 2.21. The number of amides is 1. The molecule has 1 atom stereocenters. The number of Topliss-reactive ketones (excluding diaryl/α,β-unsaturated/α-hetero) is 1. The smallest absolute Gasteiger partial charge is 0.232 e. The predicted octanol–water partition coefficient (Wildman–Crippen LogP) is 6.28. The minimum Gasteiger partial charge on any atom is -0.294 e. The zero-order valence-electron chi connectivity index (χ0n) is 14.3. The maximum atomic E-state index is 13.1. The Bertz CT molecular complexity index is 986. The lowest BCUT2D eigenvalue weighted by molar-refractivity contribution is -0.119. The van der Waals surface area contributed by atoms with Crippen molar-refractivity contribution in [2.45, 2.75) is 31.6 Å². The Balaban J connectivity index is 1.87. The number of carbonyl (C=O) groups is 2. The van der Waals surface area contributed by atoms with Crippen LogP contribution in [-0.2, 0) is 9.59 Å². The fourth-order valence-corrected chi connectivity index (χ4v) is 4.63. The molecule has 2 aromatic carbocycles. The summed E-state index contributed by atoms with van der Waals surface area (Å²) in [5.74, 6) is -0.123. The first-order valence-corrected chi connectivity index (χ1v) is 10.3. The lowest BCUT2D eigenvalue weighted by Crippen LogP contribution is -2.40. The molecule has 0 spiro atoms. The van der Waals surface area contributed by atoms with Gasteiger partial charge in [0.2, 0.25) is 5.91 Å². The van der Waals surface area contributed by atoms with E-state index in [2.05, 4.69) is 15.9 Å². The van der Waals surface area contributed by atoms with Crippen LogP contribution in [0.3, 0.4) is 0 Å². The van der Waals surface area contributed by atoms with E-state index in [1.807, 2.05) is 24.3 Å². The number of halogens is 3. The first-order valence-electron chi connectivity index (χ1n) is 8.75. The Kier molecular flexibility index (Phi) is 5.15. The SMILES string of the molecule is O=C1CCCC2=C1C(c1cccc(Br)c1)CC(=O)N2c1ccc(Cl)c(Cl)c1. The molecule has 1 heterocycles. The van der Waals surface area contributed by atoms with Crippen LogP contribution in [0.2, 0.25) is 10.0 Å². The highest BCUT2D eigenvalue weighted by molar-refractivity contribution is 9.10. The van der Waals surface area contributed by atoms with Crippen LogP contribution in [0.5, 0.6) is 0 Å². The van der Waals surface area contributed by atoms with Crippen molar-refractivity contribution in [2.75, 3.05) is 4.90 Å². The van der Waals surface area contributed by atoms with Crippen LogP contribution >= 0.6 is 39.1 Å². The first-order chi connectivity index (χ1) is 13.0. The number of allylic oxidation sites excluding steroid dienone is 2. The van der Waals surface area contributed by atoms with Gasteiger partial charge in [0.25, 0.3) is 0 Å². The zero-order chi connectivity index (χ0) is 19.1.